The molecule has 2 N–H and O–H groups in total. The Kier molecular flexibility index (Phi) is 6.99. The second-order valence-electron chi connectivity index (χ2n) is 6.88. The Morgan fingerprint density at radius 1 is 0.719 bits per heavy atom. The van der Waals surface area contributed by atoms with E-state index < -0.39 is 6.10 Å². The normalized spacial score (nSPS) is 16.8. The van der Waals surface area contributed by atoms with Gasteiger partial charge in [-0.15, -0.1) is 0 Å². The van der Waals surface area contributed by atoms with Crippen LogP contribution in [0, 0.1) is 0 Å². The van der Waals surface area contributed by atoms with Gasteiger partial charge in [0.2, 0.25) is 5.75 Å². The minimum atomic E-state index is -0.956. The fraction of sp³-hybridized carbons (Fsp3) is 0.348. The molecule has 1 atom stereocenters. The molecular weight excluding hydrogens is 418 g/mol. The van der Waals surface area contributed by atoms with Crippen LogP contribution in [-0.2, 0) is 0 Å². The van der Waals surface area contributed by atoms with E-state index in [1.807, 2.05) is 0 Å². The van der Waals surface area contributed by atoms with Gasteiger partial charge in [0.1, 0.15) is 5.75 Å². The van der Waals surface area contributed by atoms with Crippen molar-refractivity contribution in [2.75, 3.05) is 42.7 Å². The molecule has 0 amide bonds. The Labute approximate surface area is 186 Å². The van der Waals surface area contributed by atoms with Gasteiger partial charge in [0, 0.05) is 29.2 Å². The van der Waals surface area contributed by atoms with E-state index in [2.05, 4.69) is 5.16 Å². The lowest BCUT2D eigenvalue weighted by atomic mass is 9.94. The minimum Gasteiger partial charge on any atom is -0.496 e. The van der Waals surface area contributed by atoms with E-state index in [9.17, 15) is 10.3 Å². The third kappa shape index (κ3) is 3.87. The molecule has 0 spiro atoms. The summed E-state index contributed by atoms with van der Waals surface area (Å²) in [6, 6.07) is 6.85. The summed E-state index contributed by atoms with van der Waals surface area (Å²) in [5.41, 5.74) is 2.50. The van der Waals surface area contributed by atoms with Crippen LogP contribution >= 0.6 is 0 Å². The molecule has 0 bridgehead atoms. The smallest absolute Gasteiger partial charge is 0.203 e. The molecule has 1 aliphatic carbocycles. The quantitative estimate of drug-likeness (QED) is 0.471. The molecule has 9 heteroatoms. The lowest BCUT2D eigenvalue weighted by Crippen LogP contribution is -2.07. The van der Waals surface area contributed by atoms with Gasteiger partial charge in [-0.1, -0.05) is 5.16 Å². The van der Waals surface area contributed by atoms with Crippen LogP contribution in [0.5, 0.6) is 34.5 Å². The second-order valence-corrected chi connectivity index (χ2v) is 6.88. The number of oxime groups is 1. The van der Waals surface area contributed by atoms with Crippen LogP contribution < -0.4 is 28.4 Å². The number of benzene rings is 2. The van der Waals surface area contributed by atoms with Gasteiger partial charge in [-0.25, -0.2) is 0 Å². The van der Waals surface area contributed by atoms with Crippen LogP contribution in [0.3, 0.4) is 0 Å². The third-order valence-electron chi connectivity index (χ3n) is 5.35. The topological polar surface area (TPSA) is 108 Å². The van der Waals surface area contributed by atoms with Crippen molar-refractivity contribution >= 4 is 16.9 Å². The lowest BCUT2D eigenvalue weighted by molar-refractivity contribution is 0.241. The van der Waals surface area contributed by atoms with Crippen molar-refractivity contribution in [2.45, 2.75) is 12.5 Å². The third-order valence-corrected chi connectivity index (χ3v) is 5.35. The summed E-state index contributed by atoms with van der Waals surface area (Å²) in [4.78, 5) is 0. The van der Waals surface area contributed by atoms with Gasteiger partial charge in [-0.2, -0.15) is 0 Å². The van der Waals surface area contributed by atoms with Gasteiger partial charge in [0.25, 0.3) is 0 Å². The number of ether oxygens (including phenoxy) is 6. The summed E-state index contributed by atoms with van der Waals surface area (Å²) >= 11 is 0. The fourth-order valence-electron chi connectivity index (χ4n) is 3.90. The highest BCUT2D eigenvalue weighted by Gasteiger charge is 2.35. The lowest BCUT2D eigenvalue weighted by Gasteiger charge is -2.19. The zero-order valence-electron chi connectivity index (χ0n) is 18.9. The van der Waals surface area contributed by atoms with Crippen molar-refractivity contribution in [1.29, 1.82) is 0 Å². The van der Waals surface area contributed by atoms with E-state index in [0.29, 0.717) is 62.5 Å². The highest BCUT2D eigenvalue weighted by Crippen LogP contribution is 2.48. The van der Waals surface area contributed by atoms with Crippen LogP contribution in [0.4, 0.5) is 0 Å². The average Bonchev–Trinajstić information content (AvgIpc) is 3.17. The van der Waals surface area contributed by atoms with E-state index in [0.717, 1.165) is 0 Å². The van der Waals surface area contributed by atoms with Gasteiger partial charge < -0.3 is 38.7 Å². The number of allylic oxidation sites excluding steroid dienone is 1. The number of nitrogens with zero attached hydrogens (tertiary/aromatic N) is 1. The Morgan fingerprint density at radius 3 is 1.72 bits per heavy atom. The molecule has 0 aliphatic heterocycles. The Morgan fingerprint density at radius 2 is 1.25 bits per heavy atom. The van der Waals surface area contributed by atoms with E-state index >= 15 is 0 Å². The number of methoxy groups -OCH3 is 6. The Hall–Kier alpha value is -3.59. The van der Waals surface area contributed by atoms with Crippen molar-refractivity contribution in [3.05, 3.63) is 35.4 Å². The Balaban J connectivity index is 2.38. The summed E-state index contributed by atoms with van der Waals surface area (Å²) in [7, 11) is 9.11. The van der Waals surface area contributed by atoms with E-state index in [1.165, 1.54) is 42.7 Å². The average molecular weight is 445 g/mol. The molecule has 0 saturated carbocycles. The van der Waals surface area contributed by atoms with Crippen LogP contribution in [-0.4, -0.2) is 64.8 Å². The summed E-state index contributed by atoms with van der Waals surface area (Å²) < 4.78 is 32.7. The Bertz CT molecular complexity index is 1040. The summed E-state index contributed by atoms with van der Waals surface area (Å²) in [5, 5.41) is 24.1. The van der Waals surface area contributed by atoms with Gasteiger partial charge in [-0.3, -0.25) is 0 Å². The number of hydrogen-bond acceptors (Lipinski definition) is 9. The number of aliphatic hydroxyl groups excluding tert-OH is 1. The number of rotatable bonds is 8. The van der Waals surface area contributed by atoms with Crippen molar-refractivity contribution in [2.24, 2.45) is 5.16 Å². The molecule has 1 unspecified atom stereocenters. The molecule has 3 rings (SSSR count). The molecule has 2 aromatic rings. The van der Waals surface area contributed by atoms with Crippen LogP contribution in [0.2, 0.25) is 0 Å². The van der Waals surface area contributed by atoms with Crippen LogP contribution in [0.15, 0.2) is 29.4 Å². The molecule has 9 nitrogen and oxygen atoms in total. The van der Waals surface area contributed by atoms with E-state index in [-0.39, 0.29) is 6.42 Å². The highest BCUT2D eigenvalue weighted by atomic mass is 16.5. The first-order valence-electron chi connectivity index (χ1n) is 9.72. The maximum absolute atomic E-state index is 11.0. The predicted molar refractivity (Wildman–Crippen MR) is 119 cm³/mol. The maximum Gasteiger partial charge on any atom is 0.203 e. The zero-order valence-corrected chi connectivity index (χ0v) is 18.9. The van der Waals surface area contributed by atoms with Gasteiger partial charge in [0.15, 0.2) is 23.0 Å². The first-order chi connectivity index (χ1) is 15.5. The molecule has 32 heavy (non-hydrogen) atoms. The minimum absolute atomic E-state index is 0.106. The molecule has 0 aromatic heterocycles. The molecule has 0 radical (unpaired) electrons. The largest absolute Gasteiger partial charge is 0.496 e. The van der Waals surface area contributed by atoms with Gasteiger partial charge >= 0.3 is 0 Å². The first kappa shape index (κ1) is 23.1. The van der Waals surface area contributed by atoms with Crippen LogP contribution in [0.1, 0.15) is 17.5 Å². The molecule has 1 aliphatic rings. The fourth-order valence-corrected chi connectivity index (χ4v) is 3.90. The monoisotopic (exact) mass is 445 g/mol. The first-order valence-corrected chi connectivity index (χ1v) is 9.72. The second kappa shape index (κ2) is 9.69. The van der Waals surface area contributed by atoms with Crippen molar-refractivity contribution < 1.29 is 38.7 Å². The van der Waals surface area contributed by atoms with Crippen molar-refractivity contribution in [1.82, 2.24) is 0 Å². The molecule has 0 saturated heterocycles. The molecule has 172 valence electrons. The summed E-state index contributed by atoms with van der Waals surface area (Å²) in [6.07, 6.45) is -0.850. The highest BCUT2D eigenvalue weighted by molar-refractivity contribution is 6.34. The molecule has 0 fully saturated rings. The molecule has 2 aromatic carbocycles. The molecule has 0 heterocycles. The zero-order chi connectivity index (χ0) is 23.4. The predicted octanol–water partition coefficient (Wildman–Crippen LogP) is 3.24. The number of aliphatic hydroxyl groups is 1. The van der Waals surface area contributed by atoms with E-state index in [1.54, 1.807) is 24.3 Å². The van der Waals surface area contributed by atoms with Crippen molar-refractivity contribution in [3.63, 3.8) is 0 Å². The molecular formula is C23H27NO8. The summed E-state index contributed by atoms with van der Waals surface area (Å²) in [5.74, 6) is 2.66. The van der Waals surface area contributed by atoms with E-state index in [4.69, 9.17) is 28.4 Å². The summed E-state index contributed by atoms with van der Waals surface area (Å²) in [6.45, 7) is 0. The number of hydrogen-bond donors (Lipinski definition) is 2. The standard InChI is InChI=1S/C23H27NO8/c1-27-16-11-18(29-3)17(28-2)9-13(16)22-15(25)10-14(24-26)21(22)12-7-19(30-4)23(32-6)20(8-12)31-5/h7-9,11,15,25-26H,10H2,1-6H3/b24-14+. The van der Waals surface area contributed by atoms with Crippen molar-refractivity contribution in [3.8, 4) is 34.5 Å². The SMILES string of the molecule is COc1cc(OC)c(C2=C(c3cc(OC)c(OC)c(OC)c3)/C(=N/O)CC2O)cc1OC. The van der Waals surface area contributed by atoms with Crippen LogP contribution in [0.25, 0.3) is 11.1 Å². The van der Waals surface area contributed by atoms with Gasteiger partial charge in [-0.05, 0) is 23.8 Å². The van der Waals surface area contributed by atoms with Gasteiger partial charge in [0.05, 0.1) is 54.5 Å². The maximum atomic E-state index is 11.0.